The van der Waals surface area contributed by atoms with E-state index in [2.05, 4.69) is 54.1 Å². The molecule has 6 aliphatic rings. The quantitative estimate of drug-likeness (QED) is 0.0827. The van der Waals surface area contributed by atoms with Crippen LogP contribution in [0.3, 0.4) is 0 Å². The van der Waals surface area contributed by atoms with Crippen LogP contribution in [0.25, 0.3) is 11.0 Å². The molecular weight excluding hydrogens is 895 g/mol. The number of benzene rings is 3. The van der Waals surface area contributed by atoms with Gasteiger partial charge in [-0.1, -0.05) is 54.6 Å². The van der Waals surface area contributed by atoms with Crippen molar-refractivity contribution in [2.24, 2.45) is 5.41 Å². The molecule has 2 atom stereocenters. The Morgan fingerprint density at radius 2 is 1.65 bits per heavy atom. The lowest BCUT2D eigenvalue weighted by atomic mass is 9.59. The second-order valence-electron chi connectivity index (χ2n) is 19.8. The van der Waals surface area contributed by atoms with Crippen LogP contribution in [0.1, 0.15) is 96.8 Å². The van der Waals surface area contributed by atoms with Crippen LogP contribution in [0.15, 0.2) is 102 Å². The van der Waals surface area contributed by atoms with Crippen molar-refractivity contribution >= 4 is 55.4 Å². The molecular formula is C52H55N9O7S. The molecule has 4 fully saturated rings. The molecule has 1 amide bonds. The van der Waals surface area contributed by atoms with Crippen LogP contribution < -0.4 is 29.3 Å². The van der Waals surface area contributed by atoms with Crippen molar-refractivity contribution in [2.75, 3.05) is 54.5 Å². The number of H-pyrrole nitrogens is 1. The maximum atomic E-state index is 14.5. The molecule has 2 saturated carbocycles. The number of carbonyl (C=O) groups is 1. The SMILES string of the molecule is O=C(NS(=O)(=O)c1cc([N+](=O)[O-])c2c(n1)OC[C@H](Cc1ccccc1)N2)c1ccc(N2CCC3(CC2)CC(N2CCCC2c2ccccc2C2CC2)C3)cc1N1CCCOc2nc3[nH]ccc3cc21. The molecule has 1 spiro atoms. The standard InChI is InChI=1S/C52H55N9O7S/c62-49(57-69(65,66)46-29-44(61(63)64)47-51(55-46)68-32-36(54-47)26-33-8-2-1-3-9-33)41-16-15-37(28-43(41)60-22-7-25-67-50-45(60)27-35-17-20-53-48(35)56-50)58-23-18-52(19-24-58)30-38(31-52)59-21-6-12-42(59)40-11-5-4-10-39(40)34-13-14-34/h1-5,8-11,15-17,20,27-29,34,36,38,42,54H,6-7,12-14,18-19,21-26,30-32H2,(H,53,56)(H,57,62)/t36-,42?/m0/s1. The van der Waals surface area contributed by atoms with Gasteiger partial charge in [-0.2, -0.15) is 18.4 Å². The van der Waals surface area contributed by atoms with Crippen molar-refractivity contribution in [3.05, 3.63) is 130 Å². The molecule has 2 aliphatic carbocycles. The van der Waals surface area contributed by atoms with Crippen molar-refractivity contribution < 1.29 is 27.6 Å². The number of ether oxygens (including phenoxy) is 2. The van der Waals surface area contributed by atoms with Crippen molar-refractivity contribution in [1.82, 2.24) is 24.6 Å². The van der Waals surface area contributed by atoms with E-state index in [0.29, 0.717) is 66.4 Å². The third-order valence-corrected chi connectivity index (χ3v) is 16.7. The van der Waals surface area contributed by atoms with E-state index in [1.54, 1.807) is 23.4 Å². The monoisotopic (exact) mass is 949 g/mol. The Bertz CT molecular complexity index is 3070. The second-order valence-corrected chi connectivity index (χ2v) is 21.5. The number of carbonyl (C=O) groups excluding carboxylic acids is 1. The fourth-order valence-corrected chi connectivity index (χ4v) is 12.7. The van der Waals surface area contributed by atoms with E-state index in [1.807, 2.05) is 59.5 Å². The minimum atomic E-state index is -4.77. The van der Waals surface area contributed by atoms with E-state index in [-0.39, 0.29) is 29.8 Å². The fourth-order valence-electron chi connectivity index (χ4n) is 11.8. The number of nitrogens with zero attached hydrogens (tertiary/aromatic N) is 6. The second kappa shape index (κ2) is 17.4. The minimum Gasteiger partial charge on any atom is -0.476 e. The van der Waals surface area contributed by atoms with Gasteiger partial charge in [-0.05, 0) is 129 Å². The van der Waals surface area contributed by atoms with E-state index in [4.69, 9.17) is 14.5 Å². The predicted octanol–water partition coefficient (Wildman–Crippen LogP) is 8.78. The summed E-state index contributed by atoms with van der Waals surface area (Å²) in [4.78, 5) is 45.6. The molecule has 17 heteroatoms. The van der Waals surface area contributed by atoms with Gasteiger partial charge < -0.3 is 29.6 Å². The zero-order valence-corrected chi connectivity index (χ0v) is 39.1. The largest absolute Gasteiger partial charge is 0.476 e. The van der Waals surface area contributed by atoms with Crippen molar-refractivity contribution in [3.8, 4) is 11.8 Å². The Balaban J connectivity index is 0.805. The summed E-state index contributed by atoms with van der Waals surface area (Å²) in [7, 11) is -4.77. The average molecular weight is 950 g/mol. The van der Waals surface area contributed by atoms with Gasteiger partial charge in [-0.3, -0.25) is 19.8 Å². The van der Waals surface area contributed by atoms with Gasteiger partial charge in [0.25, 0.3) is 15.9 Å². The number of pyridine rings is 2. The summed E-state index contributed by atoms with van der Waals surface area (Å²) in [6.07, 6.45) is 12.6. The first-order valence-electron chi connectivity index (χ1n) is 24.4. The Labute approximate surface area is 400 Å². The smallest absolute Gasteiger partial charge is 0.300 e. The number of nitro groups is 1. The number of likely N-dealkylation sites (tertiary alicyclic amines) is 1. The predicted molar refractivity (Wildman–Crippen MR) is 262 cm³/mol. The highest BCUT2D eigenvalue weighted by atomic mass is 32.2. The molecule has 3 N–H and O–H groups in total. The van der Waals surface area contributed by atoms with Crippen LogP contribution in [0.4, 0.5) is 28.4 Å². The average Bonchev–Trinajstić information content (AvgIpc) is 3.97. The van der Waals surface area contributed by atoms with E-state index < -0.39 is 31.6 Å². The van der Waals surface area contributed by atoms with Gasteiger partial charge in [0.15, 0.2) is 10.7 Å². The van der Waals surface area contributed by atoms with Gasteiger partial charge in [0.1, 0.15) is 17.9 Å². The van der Waals surface area contributed by atoms with E-state index >= 15 is 0 Å². The number of aromatic nitrogens is 3. The minimum absolute atomic E-state index is 0.0196. The number of sulfonamides is 1. The summed E-state index contributed by atoms with van der Waals surface area (Å²) in [6.45, 7) is 3.83. The van der Waals surface area contributed by atoms with E-state index in [9.17, 15) is 23.3 Å². The Kier molecular flexibility index (Phi) is 11.0. The summed E-state index contributed by atoms with van der Waals surface area (Å²) in [6, 6.07) is 29.9. The molecule has 12 rings (SSSR count). The summed E-state index contributed by atoms with van der Waals surface area (Å²) >= 11 is 0. The number of anilines is 4. The summed E-state index contributed by atoms with van der Waals surface area (Å²) in [5, 5.41) is 15.7. The molecule has 2 saturated heterocycles. The number of hydrogen-bond acceptors (Lipinski definition) is 13. The van der Waals surface area contributed by atoms with Gasteiger partial charge in [0, 0.05) is 49.0 Å². The Morgan fingerprint density at radius 1 is 0.855 bits per heavy atom. The summed E-state index contributed by atoms with van der Waals surface area (Å²) in [5.74, 6) is -0.0103. The van der Waals surface area contributed by atoms with Gasteiger partial charge in [-0.25, -0.2) is 4.72 Å². The molecule has 6 aromatic rings. The molecule has 4 aliphatic heterocycles. The Hall–Kier alpha value is -6.72. The molecule has 69 heavy (non-hydrogen) atoms. The van der Waals surface area contributed by atoms with E-state index in [0.717, 1.165) is 54.6 Å². The highest BCUT2D eigenvalue weighted by molar-refractivity contribution is 7.90. The van der Waals surface area contributed by atoms with Crippen molar-refractivity contribution in [1.29, 1.82) is 0 Å². The normalized spacial score (nSPS) is 21.3. The lowest BCUT2D eigenvalue weighted by molar-refractivity contribution is -0.384. The van der Waals surface area contributed by atoms with Gasteiger partial charge in [-0.15, -0.1) is 0 Å². The fraction of sp³-hybridized carbons (Fsp3) is 0.404. The van der Waals surface area contributed by atoms with Crippen LogP contribution in [0, 0.1) is 15.5 Å². The molecule has 1 unspecified atom stereocenters. The van der Waals surface area contributed by atoms with Crippen LogP contribution >= 0.6 is 0 Å². The van der Waals surface area contributed by atoms with Crippen LogP contribution in [-0.4, -0.2) is 90.6 Å². The number of hydrogen-bond donors (Lipinski definition) is 3. The lowest BCUT2D eigenvalue weighted by Gasteiger charge is -2.56. The number of fused-ring (bicyclic) bond motifs is 3. The summed E-state index contributed by atoms with van der Waals surface area (Å²) in [5.41, 5.74) is 6.71. The molecule has 3 aromatic heterocycles. The third kappa shape index (κ3) is 8.28. The highest BCUT2D eigenvalue weighted by Crippen LogP contribution is 2.55. The maximum Gasteiger partial charge on any atom is 0.300 e. The number of piperidine rings is 1. The van der Waals surface area contributed by atoms with Crippen LogP contribution in [-0.2, 0) is 16.4 Å². The molecule has 0 radical (unpaired) electrons. The number of rotatable bonds is 11. The third-order valence-electron chi connectivity index (χ3n) is 15.5. The molecule has 16 nitrogen and oxygen atoms in total. The van der Waals surface area contributed by atoms with E-state index in [1.165, 1.54) is 45.1 Å². The lowest BCUT2D eigenvalue weighted by Crippen LogP contribution is -2.55. The first-order valence-corrected chi connectivity index (χ1v) is 25.9. The van der Waals surface area contributed by atoms with Crippen LogP contribution in [0.2, 0.25) is 0 Å². The van der Waals surface area contributed by atoms with Crippen LogP contribution in [0.5, 0.6) is 11.8 Å². The number of nitrogens with one attached hydrogen (secondary N) is 3. The van der Waals surface area contributed by atoms with Crippen molar-refractivity contribution in [3.63, 3.8) is 0 Å². The topological polar surface area (TPSA) is 188 Å². The molecule has 3 aromatic carbocycles. The zero-order valence-electron chi connectivity index (χ0n) is 38.3. The van der Waals surface area contributed by atoms with Crippen molar-refractivity contribution in [2.45, 2.75) is 93.3 Å². The number of aromatic amines is 1. The zero-order chi connectivity index (χ0) is 46.9. The molecule has 356 valence electrons. The first-order chi connectivity index (χ1) is 33.6. The highest BCUT2D eigenvalue weighted by Gasteiger charge is 2.50. The molecule has 7 heterocycles. The van der Waals surface area contributed by atoms with Gasteiger partial charge >= 0.3 is 5.69 Å². The summed E-state index contributed by atoms with van der Waals surface area (Å²) < 4.78 is 42.5. The maximum absolute atomic E-state index is 14.5. The first kappa shape index (κ1) is 43.6. The van der Waals surface area contributed by atoms with Gasteiger partial charge in [0.2, 0.25) is 11.8 Å². The van der Waals surface area contributed by atoms with Gasteiger partial charge in [0.05, 0.1) is 34.9 Å². The molecule has 0 bridgehead atoms. The number of amides is 1. The Morgan fingerprint density at radius 3 is 2.45 bits per heavy atom.